The largest absolute Gasteiger partial charge is 0.505 e. The van der Waals surface area contributed by atoms with E-state index in [-0.39, 0.29) is 5.76 Å². The Morgan fingerprint density at radius 1 is 0.760 bits per heavy atom. The second kappa shape index (κ2) is 20.0. The van der Waals surface area contributed by atoms with Gasteiger partial charge in [0.05, 0.1) is 0 Å². The Morgan fingerprint density at radius 3 is 1.72 bits per heavy atom. The Labute approximate surface area is 154 Å². The molecule has 0 aromatic carbocycles. The summed E-state index contributed by atoms with van der Waals surface area (Å²) in [6, 6.07) is 0. The van der Waals surface area contributed by atoms with Crippen molar-refractivity contribution >= 4 is 0 Å². The van der Waals surface area contributed by atoms with E-state index >= 15 is 0 Å². The fourth-order valence-electron chi connectivity index (χ4n) is 2.26. The van der Waals surface area contributed by atoms with Gasteiger partial charge >= 0.3 is 6.20 Å². The standard InChI is InChI=1S/C22H34N2O/c1-2-3-4-5-6-7-8-9-10-11-12-13-14-15-16-17-18-19-20-22(25)21-24-23/h6-7,9-10,12-13,15-16,21H,2-5,8,11,14,17-20H2,1H3/p+1/b7-6-,10-9-,13-12-,16-15-,22-21-. The molecule has 0 aliphatic rings. The van der Waals surface area contributed by atoms with Gasteiger partial charge in [-0.1, -0.05) is 68.4 Å². The van der Waals surface area contributed by atoms with E-state index in [2.05, 4.69) is 60.5 Å². The van der Waals surface area contributed by atoms with Crippen LogP contribution in [0.2, 0.25) is 0 Å². The van der Waals surface area contributed by atoms with Gasteiger partial charge in [0.2, 0.25) is 5.39 Å². The summed E-state index contributed by atoms with van der Waals surface area (Å²) < 4.78 is 0. The van der Waals surface area contributed by atoms with Gasteiger partial charge in [-0.05, 0) is 51.4 Å². The molecule has 0 bridgehead atoms. The molecule has 0 rings (SSSR count). The molecular weight excluding hydrogens is 308 g/mol. The van der Waals surface area contributed by atoms with Crippen molar-refractivity contribution in [2.24, 2.45) is 0 Å². The van der Waals surface area contributed by atoms with Crippen molar-refractivity contribution < 1.29 is 5.11 Å². The van der Waals surface area contributed by atoms with Gasteiger partial charge in [-0.25, -0.2) is 0 Å². The molecule has 0 unspecified atom stereocenters. The zero-order valence-electron chi connectivity index (χ0n) is 15.8. The van der Waals surface area contributed by atoms with E-state index in [1.165, 1.54) is 25.7 Å². The first-order chi connectivity index (χ1) is 12.3. The minimum atomic E-state index is 0.134. The highest BCUT2D eigenvalue weighted by molar-refractivity contribution is 4.99. The van der Waals surface area contributed by atoms with Gasteiger partial charge in [-0.3, -0.25) is 0 Å². The maximum Gasteiger partial charge on any atom is 0.387 e. The lowest BCUT2D eigenvalue weighted by molar-refractivity contribution is 0.382. The molecule has 0 aliphatic heterocycles. The molecular formula is C22H35N2O+. The number of rotatable bonds is 15. The number of hydrogen-bond acceptors (Lipinski definition) is 2. The molecule has 0 aromatic heterocycles. The van der Waals surface area contributed by atoms with Crippen molar-refractivity contribution in [3.05, 3.63) is 65.5 Å². The van der Waals surface area contributed by atoms with Crippen molar-refractivity contribution in [3.8, 4) is 0 Å². The van der Waals surface area contributed by atoms with E-state index in [9.17, 15) is 5.11 Å². The second-order valence-corrected chi connectivity index (χ2v) is 6.07. The fourth-order valence-corrected chi connectivity index (χ4v) is 2.26. The van der Waals surface area contributed by atoms with Crippen LogP contribution in [0.5, 0.6) is 0 Å². The molecule has 3 nitrogen and oxygen atoms in total. The van der Waals surface area contributed by atoms with Gasteiger partial charge in [-0.15, -0.1) is 0 Å². The highest BCUT2D eigenvalue weighted by atomic mass is 16.3. The Bertz CT molecular complexity index is 479. The highest BCUT2D eigenvalue weighted by Gasteiger charge is 1.98. The van der Waals surface area contributed by atoms with Crippen LogP contribution >= 0.6 is 0 Å². The average Bonchev–Trinajstić information content (AvgIpc) is 2.61. The van der Waals surface area contributed by atoms with Crippen LogP contribution in [0.3, 0.4) is 0 Å². The summed E-state index contributed by atoms with van der Waals surface area (Å²) in [7, 11) is 0. The van der Waals surface area contributed by atoms with E-state index in [0.29, 0.717) is 6.42 Å². The molecule has 0 radical (unpaired) electrons. The van der Waals surface area contributed by atoms with Crippen molar-refractivity contribution in [1.29, 1.82) is 5.39 Å². The third-order valence-electron chi connectivity index (χ3n) is 3.72. The molecule has 25 heavy (non-hydrogen) atoms. The Hall–Kier alpha value is -2.08. The predicted molar refractivity (Wildman–Crippen MR) is 109 cm³/mol. The van der Waals surface area contributed by atoms with Crippen LogP contribution in [-0.4, -0.2) is 5.11 Å². The molecule has 0 spiro atoms. The topological polar surface area (TPSA) is 48.4 Å². The van der Waals surface area contributed by atoms with Crippen LogP contribution in [0.4, 0.5) is 0 Å². The van der Waals surface area contributed by atoms with Crippen molar-refractivity contribution in [3.63, 3.8) is 0 Å². The summed E-state index contributed by atoms with van der Waals surface area (Å²) in [6.07, 6.45) is 30.5. The first-order valence-corrected chi connectivity index (χ1v) is 9.63. The third kappa shape index (κ3) is 19.9. The fraction of sp³-hybridized carbons (Fsp3) is 0.545. The van der Waals surface area contributed by atoms with E-state index in [0.717, 1.165) is 44.7 Å². The van der Waals surface area contributed by atoms with E-state index in [1.807, 2.05) is 0 Å². The quantitative estimate of drug-likeness (QED) is 0.143. The van der Waals surface area contributed by atoms with Gasteiger partial charge in [0.1, 0.15) is 0 Å². The van der Waals surface area contributed by atoms with E-state index in [4.69, 9.17) is 5.39 Å². The van der Waals surface area contributed by atoms with Gasteiger partial charge in [-0.2, -0.15) is 0 Å². The van der Waals surface area contributed by atoms with Crippen LogP contribution < -0.4 is 0 Å². The lowest BCUT2D eigenvalue weighted by Gasteiger charge is -1.94. The van der Waals surface area contributed by atoms with Crippen LogP contribution in [0, 0.1) is 5.39 Å². The summed E-state index contributed by atoms with van der Waals surface area (Å²) >= 11 is 0. The summed E-state index contributed by atoms with van der Waals surface area (Å²) in [5, 5.41) is 17.5. The molecule has 0 fully saturated rings. The maximum absolute atomic E-state index is 9.26. The lowest BCUT2D eigenvalue weighted by atomic mass is 10.1. The molecule has 0 saturated carbocycles. The van der Waals surface area contributed by atoms with E-state index in [1.54, 1.807) is 0 Å². The van der Waals surface area contributed by atoms with Crippen LogP contribution in [0.15, 0.2) is 60.6 Å². The lowest BCUT2D eigenvalue weighted by Crippen LogP contribution is -1.81. The van der Waals surface area contributed by atoms with Gasteiger partial charge in [0.15, 0.2) is 10.7 Å². The predicted octanol–water partition coefficient (Wildman–Crippen LogP) is 7.77. The number of diazo groups is 1. The highest BCUT2D eigenvalue weighted by Crippen LogP contribution is 2.07. The minimum Gasteiger partial charge on any atom is -0.505 e. The van der Waals surface area contributed by atoms with Gasteiger partial charge in [0, 0.05) is 6.42 Å². The molecule has 138 valence electrons. The summed E-state index contributed by atoms with van der Waals surface area (Å²) in [5.74, 6) is 0.134. The van der Waals surface area contributed by atoms with Crippen molar-refractivity contribution in [2.75, 3.05) is 0 Å². The molecule has 0 saturated heterocycles. The molecule has 1 N–H and O–H groups in total. The number of hydrogen-bond donors (Lipinski definition) is 1. The molecule has 0 aromatic rings. The molecule has 0 aliphatic carbocycles. The Balaban J connectivity index is 3.46. The smallest absolute Gasteiger partial charge is 0.387 e. The molecule has 0 atom stereocenters. The zero-order valence-corrected chi connectivity index (χ0v) is 15.8. The first kappa shape index (κ1) is 22.9. The molecule has 0 heterocycles. The number of nitrogens with zero attached hydrogens (tertiary/aromatic N) is 2. The Kier molecular flexibility index (Phi) is 18.3. The third-order valence-corrected chi connectivity index (χ3v) is 3.72. The van der Waals surface area contributed by atoms with Gasteiger partial charge in [0.25, 0.3) is 0 Å². The summed E-state index contributed by atoms with van der Waals surface area (Å²) in [5.41, 5.74) is 0. The second-order valence-electron chi connectivity index (χ2n) is 6.07. The van der Waals surface area contributed by atoms with Crippen molar-refractivity contribution in [2.45, 2.75) is 77.6 Å². The van der Waals surface area contributed by atoms with Crippen LogP contribution in [0.25, 0.3) is 4.98 Å². The Morgan fingerprint density at radius 2 is 1.24 bits per heavy atom. The van der Waals surface area contributed by atoms with Crippen LogP contribution in [0.1, 0.15) is 77.6 Å². The van der Waals surface area contributed by atoms with Crippen molar-refractivity contribution in [1.82, 2.24) is 0 Å². The van der Waals surface area contributed by atoms with Gasteiger partial charge < -0.3 is 5.11 Å². The molecule has 3 heteroatoms. The first-order valence-electron chi connectivity index (χ1n) is 9.63. The number of aliphatic hydroxyl groups excluding tert-OH is 1. The average molecular weight is 344 g/mol. The number of unbranched alkanes of at least 4 members (excludes halogenated alkanes) is 5. The summed E-state index contributed by atoms with van der Waals surface area (Å²) in [6.45, 7) is 2.24. The van der Waals surface area contributed by atoms with E-state index < -0.39 is 0 Å². The number of aliphatic hydroxyl groups is 1. The zero-order chi connectivity index (χ0) is 18.4. The number of allylic oxidation sites excluding steroid dienone is 9. The van der Waals surface area contributed by atoms with Crippen LogP contribution in [-0.2, 0) is 0 Å². The molecule has 0 amide bonds. The SMILES string of the molecule is CCCCC/C=C\C/C=C\C/C=C\C/C=C\CCCC/C(O)=C/[N+]#N. The maximum atomic E-state index is 9.26. The normalized spacial score (nSPS) is 12.9. The minimum absolute atomic E-state index is 0.134. The monoisotopic (exact) mass is 343 g/mol. The summed E-state index contributed by atoms with van der Waals surface area (Å²) in [4.78, 5) is 2.79.